The Bertz CT molecular complexity index is 1260. The molecule has 1 aliphatic heterocycles. The lowest BCUT2D eigenvalue weighted by atomic mass is 10.0. The van der Waals surface area contributed by atoms with E-state index in [2.05, 4.69) is 57.2 Å². The second-order valence-corrected chi connectivity index (χ2v) is 8.03. The zero-order valence-corrected chi connectivity index (χ0v) is 18.4. The molecule has 164 valence electrons. The van der Waals surface area contributed by atoms with E-state index >= 15 is 0 Å². The Labute approximate surface area is 187 Å². The molecule has 0 amide bonds. The zero-order chi connectivity index (χ0) is 22.1. The van der Waals surface area contributed by atoms with Gasteiger partial charge in [0.05, 0.1) is 19.7 Å². The van der Waals surface area contributed by atoms with Crippen molar-refractivity contribution in [3.8, 4) is 11.5 Å². The fourth-order valence-electron chi connectivity index (χ4n) is 4.39. The Hall–Kier alpha value is -3.58. The minimum atomic E-state index is 0.448. The average Bonchev–Trinajstić information content (AvgIpc) is 2.84. The van der Waals surface area contributed by atoms with Crippen LogP contribution in [0.3, 0.4) is 0 Å². The second kappa shape index (κ2) is 8.51. The molecule has 32 heavy (non-hydrogen) atoms. The standard InChI is InChI=1S/C25H27N5O2/c1-31-22-14-20-21(15-23(22)32-2)27-25(28-24(20)26)30-12-10-29(11-13-30)16-18-8-5-7-17-6-3-4-9-19(17)18/h3-9,14-15H,10-13,16H2,1-2H3,(H2,26,27,28). The van der Waals surface area contributed by atoms with E-state index in [1.54, 1.807) is 14.2 Å². The number of fused-ring (bicyclic) bond motifs is 2. The Balaban J connectivity index is 1.33. The first-order valence-electron chi connectivity index (χ1n) is 10.8. The number of benzene rings is 3. The summed E-state index contributed by atoms with van der Waals surface area (Å²) in [5.74, 6) is 2.35. The summed E-state index contributed by atoms with van der Waals surface area (Å²) in [7, 11) is 3.22. The van der Waals surface area contributed by atoms with Crippen LogP contribution < -0.4 is 20.1 Å². The van der Waals surface area contributed by atoms with Crippen molar-refractivity contribution >= 4 is 33.4 Å². The monoisotopic (exact) mass is 429 g/mol. The number of nitrogen functional groups attached to an aromatic ring is 1. The van der Waals surface area contributed by atoms with Gasteiger partial charge in [0.2, 0.25) is 5.95 Å². The minimum Gasteiger partial charge on any atom is -0.493 e. The summed E-state index contributed by atoms with van der Waals surface area (Å²) in [6, 6.07) is 18.8. The van der Waals surface area contributed by atoms with Crippen LogP contribution in [0.5, 0.6) is 11.5 Å². The molecule has 1 aliphatic rings. The van der Waals surface area contributed by atoms with Crippen molar-refractivity contribution in [2.75, 3.05) is 51.0 Å². The van der Waals surface area contributed by atoms with Gasteiger partial charge >= 0.3 is 0 Å². The highest BCUT2D eigenvalue weighted by molar-refractivity contribution is 5.91. The van der Waals surface area contributed by atoms with Gasteiger partial charge in [0.15, 0.2) is 11.5 Å². The number of hydrogen-bond acceptors (Lipinski definition) is 7. The molecule has 0 spiro atoms. The van der Waals surface area contributed by atoms with Crippen LogP contribution in [0.1, 0.15) is 5.56 Å². The number of hydrogen-bond donors (Lipinski definition) is 1. The highest BCUT2D eigenvalue weighted by Crippen LogP contribution is 2.34. The molecule has 4 aromatic rings. The molecule has 0 radical (unpaired) electrons. The first kappa shape index (κ1) is 20.3. The van der Waals surface area contributed by atoms with Crippen LogP contribution in [0.4, 0.5) is 11.8 Å². The van der Waals surface area contributed by atoms with Gasteiger partial charge in [-0.15, -0.1) is 0 Å². The van der Waals surface area contributed by atoms with Gasteiger partial charge in [-0.3, -0.25) is 4.90 Å². The van der Waals surface area contributed by atoms with Gasteiger partial charge < -0.3 is 20.1 Å². The Morgan fingerprint density at radius 2 is 1.56 bits per heavy atom. The molecule has 0 bridgehead atoms. The second-order valence-electron chi connectivity index (χ2n) is 8.03. The molecule has 0 unspecified atom stereocenters. The maximum absolute atomic E-state index is 6.28. The molecular weight excluding hydrogens is 402 g/mol. The van der Waals surface area contributed by atoms with E-state index < -0.39 is 0 Å². The smallest absolute Gasteiger partial charge is 0.227 e. The first-order chi connectivity index (χ1) is 15.7. The molecule has 2 heterocycles. The number of piperazine rings is 1. The van der Waals surface area contributed by atoms with E-state index in [1.807, 2.05) is 12.1 Å². The maximum Gasteiger partial charge on any atom is 0.227 e. The average molecular weight is 430 g/mol. The van der Waals surface area contributed by atoms with Crippen LogP contribution in [0.25, 0.3) is 21.7 Å². The van der Waals surface area contributed by atoms with Crippen LogP contribution >= 0.6 is 0 Å². The van der Waals surface area contributed by atoms with Gasteiger partial charge in [0.25, 0.3) is 0 Å². The number of nitrogens with two attached hydrogens (primary N) is 1. The van der Waals surface area contributed by atoms with Gasteiger partial charge in [0.1, 0.15) is 5.82 Å². The predicted octanol–water partition coefficient (Wildman–Crippen LogP) is 3.70. The van der Waals surface area contributed by atoms with Crippen LogP contribution in [-0.2, 0) is 6.54 Å². The quantitative estimate of drug-likeness (QED) is 0.518. The van der Waals surface area contributed by atoms with E-state index in [9.17, 15) is 0 Å². The van der Waals surface area contributed by atoms with Crippen molar-refractivity contribution in [1.29, 1.82) is 0 Å². The lowest BCUT2D eigenvalue weighted by Gasteiger charge is -2.35. The molecule has 7 nitrogen and oxygen atoms in total. The zero-order valence-electron chi connectivity index (χ0n) is 18.4. The van der Waals surface area contributed by atoms with Crippen LogP contribution in [0.15, 0.2) is 54.6 Å². The maximum atomic E-state index is 6.28. The van der Waals surface area contributed by atoms with Gasteiger partial charge in [-0.1, -0.05) is 42.5 Å². The van der Waals surface area contributed by atoms with Gasteiger partial charge in [-0.2, -0.15) is 4.98 Å². The highest BCUT2D eigenvalue weighted by atomic mass is 16.5. The van der Waals surface area contributed by atoms with E-state index in [0.717, 1.165) is 43.6 Å². The molecule has 5 rings (SSSR count). The number of ether oxygens (including phenoxy) is 2. The van der Waals surface area contributed by atoms with Gasteiger partial charge in [-0.25, -0.2) is 4.98 Å². The lowest BCUT2D eigenvalue weighted by molar-refractivity contribution is 0.249. The molecule has 7 heteroatoms. The summed E-state index contributed by atoms with van der Waals surface area (Å²) >= 11 is 0. The van der Waals surface area contributed by atoms with Crippen LogP contribution in [-0.4, -0.2) is 55.3 Å². The molecule has 1 fully saturated rings. The van der Waals surface area contributed by atoms with Crippen molar-refractivity contribution in [1.82, 2.24) is 14.9 Å². The van der Waals surface area contributed by atoms with Crippen molar-refractivity contribution < 1.29 is 9.47 Å². The summed E-state index contributed by atoms with van der Waals surface area (Å²) in [5.41, 5.74) is 8.39. The number of methoxy groups -OCH3 is 2. The lowest BCUT2D eigenvalue weighted by Crippen LogP contribution is -2.46. The van der Waals surface area contributed by atoms with Crippen LogP contribution in [0.2, 0.25) is 0 Å². The fourth-order valence-corrected chi connectivity index (χ4v) is 4.39. The van der Waals surface area contributed by atoms with E-state index in [-0.39, 0.29) is 0 Å². The Kier molecular flexibility index (Phi) is 5.41. The molecular formula is C25H27N5O2. The number of rotatable bonds is 5. The molecule has 0 saturated carbocycles. The van der Waals surface area contributed by atoms with Crippen molar-refractivity contribution in [3.05, 3.63) is 60.2 Å². The molecule has 0 aliphatic carbocycles. The third kappa shape index (κ3) is 3.76. The fraction of sp³-hybridized carbons (Fsp3) is 0.280. The minimum absolute atomic E-state index is 0.448. The molecule has 0 atom stereocenters. The number of nitrogens with zero attached hydrogens (tertiary/aromatic N) is 4. The highest BCUT2D eigenvalue weighted by Gasteiger charge is 2.21. The number of aromatic nitrogens is 2. The third-order valence-electron chi connectivity index (χ3n) is 6.15. The summed E-state index contributed by atoms with van der Waals surface area (Å²) in [5, 5.41) is 3.38. The van der Waals surface area contributed by atoms with Crippen molar-refractivity contribution in [2.45, 2.75) is 6.54 Å². The van der Waals surface area contributed by atoms with Gasteiger partial charge in [0, 0.05) is 44.2 Å². The summed E-state index contributed by atoms with van der Waals surface area (Å²) in [6.45, 7) is 4.52. The Morgan fingerprint density at radius 1 is 0.844 bits per heavy atom. The summed E-state index contributed by atoms with van der Waals surface area (Å²) in [6.07, 6.45) is 0. The van der Waals surface area contributed by atoms with Crippen LogP contribution in [0, 0.1) is 0 Å². The normalized spacial score (nSPS) is 14.8. The molecule has 1 saturated heterocycles. The summed E-state index contributed by atoms with van der Waals surface area (Å²) < 4.78 is 10.8. The van der Waals surface area contributed by atoms with Crippen molar-refractivity contribution in [2.24, 2.45) is 0 Å². The van der Waals surface area contributed by atoms with Crippen molar-refractivity contribution in [3.63, 3.8) is 0 Å². The molecule has 1 aromatic heterocycles. The summed E-state index contributed by atoms with van der Waals surface area (Å²) in [4.78, 5) is 14.0. The van der Waals surface area contributed by atoms with Gasteiger partial charge in [-0.05, 0) is 22.4 Å². The van der Waals surface area contributed by atoms with E-state index in [0.29, 0.717) is 23.3 Å². The molecule has 3 aromatic carbocycles. The third-order valence-corrected chi connectivity index (χ3v) is 6.15. The Morgan fingerprint density at radius 3 is 2.34 bits per heavy atom. The first-order valence-corrected chi connectivity index (χ1v) is 10.8. The van der Waals surface area contributed by atoms with E-state index in [4.69, 9.17) is 20.2 Å². The predicted molar refractivity (Wildman–Crippen MR) is 128 cm³/mol. The van der Waals surface area contributed by atoms with E-state index in [1.165, 1.54) is 16.3 Å². The topological polar surface area (TPSA) is 76.7 Å². The molecule has 2 N–H and O–H groups in total. The number of anilines is 2. The largest absolute Gasteiger partial charge is 0.493 e. The SMILES string of the molecule is COc1cc2nc(N3CCN(Cc4cccc5ccccc45)CC3)nc(N)c2cc1OC.